The van der Waals surface area contributed by atoms with Crippen molar-refractivity contribution in [3.8, 4) is 0 Å². The molecular weight excluding hydrogens is 342 g/mol. The minimum Gasteiger partial charge on any atom is -0.480 e. The molecule has 25 heavy (non-hydrogen) atoms. The molecule has 7 heteroatoms. The topological polar surface area (TPSA) is 83.9 Å². The number of hydrogen-bond donors (Lipinski definition) is 1. The Hall–Kier alpha value is -1.44. The molecule has 0 unspecified atom stereocenters. The number of nitrogens with zero attached hydrogens (tertiary/aromatic N) is 1. The van der Waals surface area contributed by atoms with Crippen molar-refractivity contribution < 1.29 is 22.5 Å². The van der Waals surface area contributed by atoms with Gasteiger partial charge in [-0.25, -0.2) is 0 Å². The van der Waals surface area contributed by atoms with Crippen molar-refractivity contribution in [2.75, 3.05) is 19.4 Å². The Balaban J connectivity index is 2.22. The van der Waals surface area contributed by atoms with Crippen LogP contribution in [0.3, 0.4) is 0 Å². The standard InChI is InChI=1S/C18H27NO5S/c1-14(15-8-4-3-5-9-15)19(12-18(20)21)17-11-7-6-10-16(17)13-24-25(2,22)23/h3-5,8-9,14,16-17H,6-7,10-13H2,1-2H3,(H,20,21)/t14-,16+,17-/m0/s1. The third-order valence-corrected chi connectivity index (χ3v) is 5.45. The molecule has 0 heterocycles. The average molecular weight is 369 g/mol. The van der Waals surface area contributed by atoms with Crippen LogP contribution >= 0.6 is 0 Å². The van der Waals surface area contributed by atoms with Crippen molar-refractivity contribution in [2.45, 2.75) is 44.7 Å². The highest BCUT2D eigenvalue weighted by molar-refractivity contribution is 7.85. The highest BCUT2D eigenvalue weighted by Gasteiger charge is 2.34. The van der Waals surface area contributed by atoms with Gasteiger partial charge in [0.2, 0.25) is 0 Å². The second-order valence-electron chi connectivity index (χ2n) is 6.75. The molecule has 1 fully saturated rings. The van der Waals surface area contributed by atoms with E-state index in [2.05, 4.69) is 0 Å². The number of carbonyl (C=O) groups is 1. The van der Waals surface area contributed by atoms with Crippen LogP contribution in [0.15, 0.2) is 30.3 Å². The van der Waals surface area contributed by atoms with E-state index in [9.17, 15) is 18.3 Å². The van der Waals surface area contributed by atoms with E-state index in [-0.39, 0.29) is 31.2 Å². The minimum atomic E-state index is -3.50. The van der Waals surface area contributed by atoms with Gasteiger partial charge in [-0.3, -0.25) is 13.9 Å². The average Bonchev–Trinajstić information content (AvgIpc) is 2.57. The van der Waals surface area contributed by atoms with Gasteiger partial charge in [-0.1, -0.05) is 43.2 Å². The Bertz CT molecular complexity index is 661. The first-order chi connectivity index (χ1) is 11.8. The predicted octanol–water partition coefficient (Wildman–Crippen LogP) is 2.67. The molecule has 0 bridgehead atoms. The summed E-state index contributed by atoms with van der Waals surface area (Å²) in [4.78, 5) is 13.4. The molecule has 0 amide bonds. The Morgan fingerprint density at radius 2 is 1.92 bits per heavy atom. The molecule has 1 aliphatic carbocycles. The van der Waals surface area contributed by atoms with Crippen molar-refractivity contribution in [3.63, 3.8) is 0 Å². The predicted molar refractivity (Wildman–Crippen MR) is 95.7 cm³/mol. The fourth-order valence-electron chi connectivity index (χ4n) is 3.65. The van der Waals surface area contributed by atoms with Gasteiger partial charge in [0, 0.05) is 12.1 Å². The number of rotatable bonds is 8. The maximum Gasteiger partial charge on any atom is 0.317 e. The monoisotopic (exact) mass is 369 g/mol. The van der Waals surface area contributed by atoms with Crippen LogP contribution in [0.1, 0.15) is 44.2 Å². The van der Waals surface area contributed by atoms with E-state index >= 15 is 0 Å². The number of carboxylic acids is 1. The summed E-state index contributed by atoms with van der Waals surface area (Å²) in [5, 5.41) is 9.39. The number of hydrogen-bond acceptors (Lipinski definition) is 5. The van der Waals surface area contributed by atoms with Crippen molar-refractivity contribution in [3.05, 3.63) is 35.9 Å². The van der Waals surface area contributed by atoms with Gasteiger partial charge in [0.15, 0.2) is 0 Å². The van der Waals surface area contributed by atoms with Gasteiger partial charge in [-0.05, 0) is 31.2 Å². The van der Waals surface area contributed by atoms with Gasteiger partial charge in [-0.2, -0.15) is 8.42 Å². The third kappa shape index (κ3) is 6.09. The summed E-state index contributed by atoms with van der Waals surface area (Å²) < 4.78 is 27.7. The van der Waals surface area contributed by atoms with Crippen molar-refractivity contribution >= 4 is 16.1 Å². The molecule has 0 radical (unpaired) electrons. The van der Waals surface area contributed by atoms with Gasteiger partial charge in [-0.15, -0.1) is 0 Å². The summed E-state index contributed by atoms with van der Waals surface area (Å²) >= 11 is 0. The van der Waals surface area contributed by atoms with Crippen molar-refractivity contribution in [1.82, 2.24) is 4.90 Å². The van der Waals surface area contributed by atoms with Crippen LogP contribution in [0.5, 0.6) is 0 Å². The van der Waals surface area contributed by atoms with Crippen LogP contribution < -0.4 is 0 Å². The zero-order chi connectivity index (χ0) is 18.4. The number of benzene rings is 1. The molecule has 1 saturated carbocycles. The first-order valence-corrected chi connectivity index (χ1v) is 10.5. The summed E-state index contributed by atoms with van der Waals surface area (Å²) in [5.41, 5.74) is 1.05. The summed E-state index contributed by atoms with van der Waals surface area (Å²) in [6, 6.07) is 9.71. The summed E-state index contributed by atoms with van der Waals surface area (Å²) in [7, 11) is -3.50. The molecule has 140 valence electrons. The molecule has 0 aromatic heterocycles. The Labute approximate surface area is 149 Å². The molecule has 1 aromatic carbocycles. The molecule has 0 spiro atoms. The lowest BCUT2D eigenvalue weighted by molar-refractivity contribution is -0.140. The molecule has 0 aliphatic heterocycles. The largest absolute Gasteiger partial charge is 0.480 e. The maximum atomic E-state index is 11.4. The van der Waals surface area contributed by atoms with E-state index in [1.165, 1.54) is 0 Å². The second-order valence-corrected chi connectivity index (χ2v) is 8.40. The Morgan fingerprint density at radius 3 is 2.52 bits per heavy atom. The zero-order valence-corrected chi connectivity index (χ0v) is 15.6. The van der Waals surface area contributed by atoms with Crippen LogP contribution in [0.2, 0.25) is 0 Å². The minimum absolute atomic E-state index is 0.00832. The molecular formula is C18H27NO5S. The van der Waals surface area contributed by atoms with E-state index in [0.29, 0.717) is 0 Å². The highest BCUT2D eigenvalue weighted by Crippen LogP contribution is 2.34. The van der Waals surface area contributed by atoms with Crippen LogP contribution in [0.4, 0.5) is 0 Å². The maximum absolute atomic E-state index is 11.4. The lowest BCUT2D eigenvalue weighted by Crippen LogP contribution is -2.47. The van der Waals surface area contributed by atoms with Crippen molar-refractivity contribution in [2.24, 2.45) is 5.92 Å². The van der Waals surface area contributed by atoms with Crippen molar-refractivity contribution in [1.29, 1.82) is 0 Å². The number of aliphatic carboxylic acids is 1. The summed E-state index contributed by atoms with van der Waals surface area (Å²) in [6.07, 6.45) is 4.76. The van der Waals surface area contributed by atoms with Gasteiger partial charge in [0.1, 0.15) is 0 Å². The van der Waals surface area contributed by atoms with Gasteiger partial charge in [0.05, 0.1) is 19.4 Å². The van der Waals surface area contributed by atoms with Crippen LogP contribution in [0, 0.1) is 5.92 Å². The molecule has 1 aromatic rings. The first-order valence-electron chi connectivity index (χ1n) is 8.65. The van der Waals surface area contributed by atoms with E-state index in [4.69, 9.17) is 4.18 Å². The lowest BCUT2D eigenvalue weighted by atomic mass is 9.83. The smallest absolute Gasteiger partial charge is 0.317 e. The molecule has 1 aliphatic rings. The molecule has 1 N–H and O–H groups in total. The van der Waals surface area contributed by atoms with E-state index in [1.807, 2.05) is 42.2 Å². The van der Waals surface area contributed by atoms with Gasteiger partial charge >= 0.3 is 5.97 Å². The normalized spacial score (nSPS) is 22.7. The van der Waals surface area contributed by atoms with Crippen LogP contribution in [-0.4, -0.2) is 49.8 Å². The van der Waals surface area contributed by atoms with Crippen LogP contribution in [0.25, 0.3) is 0 Å². The Kier molecular flexibility index (Phi) is 6.98. The van der Waals surface area contributed by atoms with Gasteiger partial charge in [0.25, 0.3) is 10.1 Å². The van der Waals surface area contributed by atoms with E-state index in [0.717, 1.165) is 37.5 Å². The quantitative estimate of drug-likeness (QED) is 0.709. The van der Waals surface area contributed by atoms with Gasteiger partial charge < -0.3 is 5.11 Å². The summed E-state index contributed by atoms with van der Waals surface area (Å²) in [5.74, 6) is -0.870. The fraction of sp³-hybridized carbons (Fsp3) is 0.611. The van der Waals surface area contributed by atoms with Crippen LogP contribution in [-0.2, 0) is 19.1 Å². The lowest BCUT2D eigenvalue weighted by Gasteiger charge is -2.42. The van der Waals surface area contributed by atoms with E-state index < -0.39 is 16.1 Å². The highest BCUT2D eigenvalue weighted by atomic mass is 32.2. The summed E-state index contributed by atoms with van der Waals surface area (Å²) in [6.45, 7) is 2.04. The Morgan fingerprint density at radius 1 is 1.28 bits per heavy atom. The fourth-order valence-corrected chi connectivity index (χ4v) is 4.07. The first kappa shape index (κ1) is 19.9. The molecule has 6 nitrogen and oxygen atoms in total. The SMILES string of the molecule is C[C@@H](c1ccccc1)N(CC(=O)O)[C@H]1CCCC[C@@H]1COS(C)(=O)=O. The number of carboxylic acid groups (broad SMARTS) is 1. The zero-order valence-electron chi connectivity index (χ0n) is 14.8. The second kappa shape index (κ2) is 8.78. The van der Waals surface area contributed by atoms with E-state index in [1.54, 1.807) is 0 Å². The molecule has 2 rings (SSSR count). The third-order valence-electron chi connectivity index (χ3n) is 4.89. The molecule has 0 saturated heterocycles. The molecule has 3 atom stereocenters.